The van der Waals surface area contributed by atoms with E-state index in [9.17, 15) is 13.2 Å². The van der Waals surface area contributed by atoms with Gasteiger partial charge in [0.15, 0.2) is 0 Å². The van der Waals surface area contributed by atoms with Gasteiger partial charge in [0.05, 0.1) is 24.5 Å². The van der Waals surface area contributed by atoms with Crippen LogP contribution < -0.4 is 4.72 Å². The molecule has 0 saturated carbocycles. The van der Waals surface area contributed by atoms with Crippen LogP contribution in [0.4, 0.5) is 0 Å². The summed E-state index contributed by atoms with van der Waals surface area (Å²) in [4.78, 5) is 11.8. The third kappa shape index (κ3) is 4.64. The van der Waals surface area contributed by atoms with Crippen molar-refractivity contribution in [1.29, 1.82) is 0 Å². The second-order valence-corrected chi connectivity index (χ2v) is 6.89. The number of aryl methyl sites for hydroxylation is 1. The van der Waals surface area contributed by atoms with E-state index >= 15 is 0 Å². The maximum Gasteiger partial charge on any atom is 0.307 e. The smallest absolute Gasteiger partial charge is 0.307 e. The number of ether oxygens (including phenoxy) is 1. The second-order valence-electron chi connectivity index (χ2n) is 5.18. The summed E-state index contributed by atoms with van der Waals surface area (Å²) in [5.74, 6) is -0.481. The fourth-order valence-corrected chi connectivity index (χ4v) is 3.36. The highest BCUT2D eigenvalue weighted by Gasteiger charge is 2.23. The molecule has 1 atom stereocenters. The van der Waals surface area contributed by atoms with E-state index in [1.807, 2.05) is 13.0 Å². The molecule has 0 saturated heterocycles. The number of methoxy groups -OCH3 is 1. The summed E-state index contributed by atoms with van der Waals surface area (Å²) >= 11 is 0. The molecule has 0 aliphatic rings. The molecule has 2 rings (SSSR count). The average Bonchev–Trinajstić information content (AvgIpc) is 2.55. The Morgan fingerprint density at radius 1 is 1.09 bits per heavy atom. The number of carbonyl (C=O) groups is 1. The van der Waals surface area contributed by atoms with Crippen molar-refractivity contribution in [3.63, 3.8) is 0 Å². The minimum absolute atomic E-state index is 0.0778. The molecule has 0 unspecified atom stereocenters. The van der Waals surface area contributed by atoms with Gasteiger partial charge in [0, 0.05) is 0 Å². The van der Waals surface area contributed by atoms with Crippen LogP contribution in [0.3, 0.4) is 0 Å². The number of hydrogen-bond donors (Lipinski definition) is 1. The number of sulfonamides is 1. The molecule has 5 nitrogen and oxygen atoms in total. The van der Waals surface area contributed by atoms with Crippen LogP contribution in [0.15, 0.2) is 59.5 Å². The molecule has 6 heteroatoms. The molecule has 0 bridgehead atoms. The number of nitrogens with one attached hydrogen (secondary N) is 1. The summed E-state index contributed by atoms with van der Waals surface area (Å²) in [6.45, 7) is 1.88. The topological polar surface area (TPSA) is 72.5 Å². The molecule has 0 spiro atoms. The number of rotatable bonds is 6. The molecule has 122 valence electrons. The first-order valence-corrected chi connectivity index (χ1v) is 8.61. The lowest BCUT2D eigenvalue weighted by Crippen LogP contribution is -2.30. The van der Waals surface area contributed by atoms with Gasteiger partial charge in [-0.05, 0) is 24.6 Å². The van der Waals surface area contributed by atoms with Crippen molar-refractivity contribution < 1.29 is 17.9 Å². The van der Waals surface area contributed by atoms with Crippen molar-refractivity contribution in [1.82, 2.24) is 4.72 Å². The van der Waals surface area contributed by atoms with Gasteiger partial charge >= 0.3 is 5.97 Å². The van der Waals surface area contributed by atoms with Crippen LogP contribution in [-0.2, 0) is 19.6 Å². The molecule has 1 N–H and O–H groups in total. The Bertz CT molecular complexity index is 755. The highest BCUT2D eigenvalue weighted by Crippen LogP contribution is 2.21. The summed E-state index contributed by atoms with van der Waals surface area (Å²) in [5.41, 5.74) is 1.67. The Balaban J connectivity index is 2.29. The van der Waals surface area contributed by atoms with Crippen LogP contribution >= 0.6 is 0 Å². The standard InChI is InChI=1S/C17H19NO4S/c1-13-8-10-15(11-9-13)23(20,21)18-16(12-17(19)22-2)14-6-4-3-5-7-14/h3-11,16,18H,12H2,1-2H3/t16-/m0/s1. The zero-order chi connectivity index (χ0) is 16.9. The molecule has 0 amide bonds. The van der Waals surface area contributed by atoms with E-state index in [1.54, 1.807) is 36.4 Å². The quantitative estimate of drug-likeness (QED) is 0.825. The van der Waals surface area contributed by atoms with E-state index < -0.39 is 22.0 Å². The molecule has 0 radical (unpaired) electrons. The second kappa shape index (κ2) is 7.39. The third-order valence-corrected chi connectivity index (χ3v) is 4.92. The maximum atomic E-state index is 12.5. The molecule has 2 aromatic rings. The van der Waals surface area contributed by atoms with Crippen LogP contribution in [0.25, 0.3) is 0 Å². The van der Waals surface area contributed by atoms with Gasteiger partial charge in [-0.25, -0.2) is 13.1 Å². The Hall–Kier alpha value is -2.18. The Kier molecular flexibility index (Phi) is 5.52. The van der Waals surface area contributed by atoms with E-state index in [-0.39, 0.29) is 11.3 Å². The van der Waals surface area contributed by atoms with Crippen LogP contribution in [0.1, 0.15) is 23.6 Å². The minimum Gasteiger partial charge on any atom is -0.469 e. The zero-order valence-electron chi connectivity index (χ0n) is 13.0. The van der Waals surface area contributed by atoms with Crippen molar-refractivity contribution in [3.8, 4) is 0 Å². The predicted octanol–water partition coefficient (Wildman–Crippen LogP) is 2.58. The fourth-order valence-electron chi connectivity index (χ4n) is 2.14. The summed E-state index contributed by atoms with van der Waals surface area (Å²) < 4.78 is 32.3. The fraction of sp³-hybridized carbons (Fsp3) is 0.235. The number of benzene rings is 2. The van der Waals surface area contributed by atoms with Gasteiger partial charge in [-0.2, -0.15) is 0 Å². The van der Waals surface area contributed by atoms with Crippen LogP contribution in [0.5, 0.6) is 0 Å². The molecule has 0 fully saturated rings. The maximum absolute atomic E-state index is 12.5. The molecule has 23 heavy (non-hydrogen) atoms. The first-order chi connectivity index (χ1) is 10.9. The van der Waals surface area contributed by atoms with Crippen molar-refractivity contribution in [3.05, 3.63) is 65.7 Å². The van der Waals surface area contributed by atoms with E-state index in [0.29, 0.717) is 5.56 Å². The Morgan fingerprint density at radius 2 is 1.70 bits per heavy atom. The van der Waals surface area contributed by atoms with Gasteiger partial charge in [0.25, 0.3) is 0 Å². The predicted molar refractivity (Wildman–Crippen MR) is 87.3 cm³/mol. The summed E-state index contributed by atoms with van der Waals surface area (Å²) in [6, 6.07) is 14.8. The van der Waals surface area contributed by atoms with Gasteiger partial charge in [0.2, 0.25) is 10.0 Å². The van der Waals surface area contributed by atoms with Crippen molar-refractivity contribution in [2.24, 2.45) is 0 Å². The lowest BCUT2D eigenvalue weighted by Gasteiger charge is -2.18. The SMILES string of the molecule is COC(=O)C[C@H](NS(=O)(=O)c1ccc(C)cc1)c1ccccc1. The number of hydrogen-bond acceptors (Lipinski definition) is 4. The van der Waals surface area contributed by atoms with Gasteiger partial charge in [-0.15, -0.1) is 0 Å². The van der Waals surface area contributed by atoms with Gasteiger partial charge in [-0.3, -0.25) is 4.79 Å². The summed E-state index contributed by atoms with van der Waals surface area (Å²) in [6.07, 6.45) is -0.0778. The van der Waals surface area contributed by atoms with E-state index in [2.05, 4.69) is 9.46 Å². The van der Waals surface area contributed by atoms with Gasteiger partial charge in [-0.1, -0.05) is 48.0 Å². The Morgan fingerprint density at radius 3 is 2.26 bits per heavy atom. The third-order valence-electron chi connectivity index (χ3n) is 3.43. The molecule has 2 aromatic carbocycles. The van der Waals surface area contributed by atoms with Crippen LogP contribution in [0.2, 0.25) is 0 Å². The van der Waals surface area contributed by atoms with Crippen molar-refractivity contribution in [2.75, 3.05) is 7.11 Å². The summed E-state index contributed by atoms with van der Waals surface area (Å²) in [5, 5.41) is 0. The first-order valence-electron chi connectivity index (χ1n) is 7.13. The lowest BCUT2D eigenvalue weighted by atomic mass is 10.1. The lowest BCUT2D eigenvalue weighted by molar-refractivity contribution is -0.141. The highest BCUT2D eigenvalue weighted by molar-refractivity contribution is 7.89. The van der Waals surface area contributed by atoms with Gasteiger partial charge < -0.3 is 4.74 Å². The van der Waals surface area contributed by atoms with Gasteiger partial charge in [0.1, 0.15) is 0 Å². The van der Waals surface area contributed by atoms with Crippen LogP contribution in [0, 0.1) is 6.92 Å². The Labute approximate surface area is 136 Å². The molecule has 0 heterocycles. The normalized spacial score (nSPS) is 12.6. The average molecular weight is 333 g/mol. The number of esters is 1. The zero-order valence-corrected chi connectivity index (χ0v) is 13.8. The largest absolute Gasteiger partial charge is 0.469 e. The molecule has 0 aliphatic heterocycles. The van der Waals surface area contributed by atoms with Crippen LogP contribution in [-0.4, -0.2) is 21.5 Å². The molecule has 0 aromatic heterocycles. The molecular weight excluding hydrogens is 314 g/mol. The van der Waals surface area contributed by atoms with Crippen molar-refractivity contribution >= 4 is 16.0 Å². The minimum atomic E-state index is -3.74. The first kappa shape index (κ1) is 17.2. The number of carbonyl (C=O) groups excluding carboxylic acids is 1. The van der Waals surface area contributed by atoms with E-state index in [0.717, 1.165) is 5.56 Å². The monoisotopic (exact) mass is 333 g/mol. The summed E-state index contributed by atoms with van der Waals surface area (Å²) in [7, 11) is -2.46. The highest BCUT2D eigenvalue weighted by atomic mass is 32.2. The van der Waals surface area contributed by atoms with E-state index in [1.165, 1.54) is 19.2 Å². The van der Waals surface area contributed by atoms with Crippen molar-refractivity contribution in [2.45, 2.75) is 24.3 Å². The van der Waals surface area contributed by atoms with E-state index in [4.69, 9.17) is 0 Å². The molecule has 0 aliphatic carbocycles. The molecular formula is C17H19NO4S.